The Labute approximate surface area is 120 Å². The monoisotopic (exact) mass is 319 g/mol. The number of aromatic carboxylic acids is 1. The Morgan fingerprint density at radius 3 is 2.52 bits per heavy atom. The summed E-state index contributed by atoms with van der Waals surface area (Å²) in [6, 6.07) is 2.23. The first-order chi connectivity index (χ1) is 9.66. The Balaban J connectivity index is 2.34. The van der Waals surface area contributed by atoms with Crippen LogP contribution in [0, 0.1) is 12.7 Å². The van der Waals surface area contributed by atoms with Crippen LogP contribution in [0.1, 0.15) is 31.5 Å². The number of aromatic nitrogens is 1. The number of hydrogen-bond donors (Lipinski definition) is 1. The molecule has 112 valence electrons. The summed E-state index contributed by atoms with van der Waals surface area (Å²) in [6.45, 7) is 1.50. The fourth-order valence-electron chi connectivity index (χ4n) is 1.82. The molecule has 2 rings (SSSR count). The molecule has 0 saturated heterocycles. The fraction of sp³-hybridized carbons (Fsp3) is 0.231. The molecule has 0 fully saturated rings. The number of aryl methyl sites for hydroxylation is 1. The van der Waals surface area contributed by atoms with Gasteiger partial charge in [0.25, 0.3) is 0 Å². The van der Waals surface area contributed by atoms with Gasteiger partial charge in [-0.05, 0) is 30.7 Å². The molecular formula is C13H9F4NO2S. The zero-order valence-electron chi connectivity index (χ0n) is 10.7. The minimum Gasteiger partial charge on any atom is -0.477 e. The average molecular weight is 319 g/mol. The van der Waals surface area contributed by atoms with Gasteiger partial charge < -0.3 is 5.11 Å². The zero-order valence-corrected chi connectivity index (χ0v) is 11.5. The van der Waals surface area contributed by atoms with Gasteiger partial charge in [-0.25, -0.2) is 14.2 Å². The Morgan fingerprint density at radius 1 is 1.33 bits per heavy atom. The molecule has 0 aliphatic rings. The van der Waals surface area contributed by atoms with E-state index in [2.05, 4.69) is 4.98 Å². The highest BCUT2D eigenvalue weighted by Crippen LogP contribution is 2.31. The van der Waals surface area contributed by atoms with Crippen molar-refractivity contribution in [2.45, 2.75) is 19.5 Å². The number of thiazole rings is 1. The van der Waals surface area contributed by atoms with Gasteiger partial charge in [0.15, 0.2) is 0 Å². The van der Waals surface area contributed by atoms with E-state index in [1.54, 1.807) is 0 Å². The number of carboxylic acid groups (broad SMARTS) is 1. The van der Waals surface area contributed by atoms with Crippen LogP contribution in [0.15, 0.2) is 18.2 Å². The van der Waals surface area contributed by atoms with E-state index in [4.69, 9.17) is 5.11 Å². The third-order valence-corrected chi connectivity index (χ3v) is 3.82. The summed E-state index contributed by atoms with van der Waals surface area (Å²) < 4.78 is 51.1. The molecule has 1 aromatic heterocycles. The van der Waals surface area contributed by atoms with E-state index in [-0.39, 0.29) is 22.6 Å². The van der Waals surface area contributed by atoms with Crippen LogP contribution in [0.25, 0.3) is 0 Å². The molecule has 0 saturated carbocycles. The topological polar surface area (TPSA) is 50.2 Å². The first-order valence-corrected chi connectivity index (χ1v) is 6.54. The summed E-state index contributed by atoms with van der Waals surface area (Å²) in [6.07, 6.45) is -4.69. The molecule has 2 aromatic rings. The Bertz CT molecular complexity index is 694. The first-order valence-electron chi connectivity index (χ1n) is 5.73. The van der Waals surface area contributed by atoms with E-state index in [1.165, 1.54) is 6.92 Å². The molecule has 1 aromatic carbocycles. The van der Waals surface area contributed by atoms with E-state index in [1.807, 2.05) is 0 Å². The molecule has 1 heterocycles. The molecule has 0 amide bonds. The van der Waals surface area contributed by atoms with Gasteiger partial charge in [0.2, 0.25) is 0 Å². The second-order valence-electron chi connectivity index (χ2n) is 4.35. The van der Waals surface area contributed by atoms with E-state index >= 15 is 0 Å². The van der Waals surface area contributed by atoms with E-state index in [0.29, 0.717) is 11.1 Å². The van der Waals surface area contributed by atoms with Crippen molar-refractivity contribution in [3.8, 4) is 0 Å². The summed E-state index contributed by atoms with van der Waals surface area (Å²) in [5, 5.41) is 9.22. The minimum atomic E-state index is -4.64. The summed E-state index contributed by atoms with van der Waals surface area (Å²) in [5.74, 6) is -2.14. The van der Waals surface area contributed by atoms with Gasteiger partial charge in [-0.1, -0.05) is 0 Å². The van der Waals surface area contributed by atoms with Crippen LogP contribution in [0.5, 0.6) is 0 Å². The molecule has 0 spiro atoms. The Kier molecular flexibility index (Phi) is 3.99. The van der Waals surface area contributed by atoms with Crippen molar-refractivity contribution in [2.75, 3.05) is 0 Å². The van der Waals surface area contributed by atoms with Gasteiger partial charge in [-0.3, -0.25) is 0 Å². The summed E-state index contributed by atoms with van der Waals surface area (Å²) in [5.41, 5.74) is -0.702. The fourth-order valence-corrected chi connectivity index (χ4v) is 2.75. The van der Waals surface area contributed by atoms with Crippen LogP contribution in [0.2, 0.25) is 0 Å². The highest BCUT2D eigenvalue weighted by Gasteiger charge is 2.31. The number of carboxylic acids is 1. The van der Waals surface area contributed by atoms with Crippen molar-refractivity contribution < 1.29 is 27.5 Å². The number of nitrogens with zero attached hydrogens (tertiary/aromatic N) is 1. The third kappa shape index (κ3) is 3.57. The summed E-state index contributed by atoms with van der Waals surface area (Å²) in [7, 11) is 0. The second kappa shape index (κ2) is 5.44. The number of benzene rings is 1. The molecule has 0 aliphatic carbocycles. The van der Waals surface area contributed by atoms with E-state index in [0.717, 1.165) is 23.5 Å². The number of halogens is 4. The van der Waals surface area contributed by atoms with Crippen LogP contribution in [-0.4, -0.2) is 16.1 Å². The predicted molar refractivity (Wildman–Crippen MR) is 68.0 cm³/mol. The van der Waals surface area contributed by atoms with Crippen LogP contribution < -0.4 is 0 Å². The highest BCUT2D eigenvalue weighted by molar-refractivity contribution is 7.13. The quantitative estimate of drug-likeness (QED) is 0.873. The molecule has 3 nitrogen and oxygen atoms in total. The van der Waals surface area contributed by atoms with Crippen molar-refractivity contribution in [2.24, 2.45) is 0 Å². The lowest BCUT2D eigenvalue weighted by Gasteiger charge is -2.08. The highest BCUT2D eigenvalue weighted by atomic mass is 32.1. The number of rotatable bonds is 3. The SMILES string of the molecule is Cc1nc(Cc2cc(F)cc(C(F)(F)F)c2)sc1C(=O)O. The van der Waals surface area contributed by atoms with Crippen LogP contribution in [-0.2, 0) is 12.6 Å². The van der Waals surface area contributed by atoms with E-state index in [9.17, 15) is 22.4 Å². The Hall–Kier alpha value is -1.96. The molecule has 0 unspecified atom stereocenters. The molecule has 8 heteroatoms. The smallest absolute Gasteiger partial charge is 0.416 e. The maximum Gasteiger partial charge on any atom is 0.416 e. The Morgan fingerprint density at radius 2 is 2.00 bits per heavy atom. The van der Waals surface area contributed by atoms with Crippen LogP contribution in [0.3, 0.4) is 0 Å². The second-order valence-corrected chi connectivity index (χ2v) is 5.43. The summed E-state index contributed by atoms with van der Waals surface area (Å²) >= 11 is 0.867. The van der Waals surface area contributed by atoms with Crippen LogP contribution >= 0.6 is 11.3 Å². The molecule has 0 atom stereocenters. The predicted octanol–water partition coefficient (Wildman–Crippen LogP) is 3.90. The largest absolute Gasteiger partial charge is 0.477 e. The lowest BCUT2D eigenvalue weighted by molar-refractivity contribution is -0.137. The van der Waals surface area contributed by atoms with Crippen molar-refractivity contribution in [3.63, 3.8) is 0 Å². The number of hydrogen-bond acceptors (Lipinski definition) is 3. The lowest BCUT2D eigenvalue weighted by atomic mass is 10.1. The summed E-state index contributed by atoms with van der Waals surface area (Å²) in [4.78, 5) is 14.9. The standard InChI is InChI=1S/C13H9F4NO2S/c1-6-11(12(19)20)21-10(18-6)4-7-2-8(13(15,16)17)5-9(14)3-7/h2-3,5H,4H2,1H3,(H,19,20). The average Bonchev–Trinajstić information content (AvgIpc) is 2.68. The zero-order chi connectivity index (χ0) is 15.8. The molecule has 0 bridgehead atoms. The van der Waals surface area contributed by atoms with Gasteiger partial charge in [0.05, 0.1) is 16.3 Å². The molecule has 0 radical (unpaired) electrons. The van der Waals surface area contributed by atoms with Crippen LogP contribution in [0.4, 0.5) is 17.6 Å². The minimum absolute atomic E-state index is 0.0254. The van der Waals surface area contributed by atoms with E-state index < -0.39 is 23.5 Å². The maximum absolute atomic E-state index is 13.3. The van der Waals surface area contributed by atoms with Crippen molar-refractivity contribution in [1.82, 2.24) is 4.98 Å². The van der Waals surface area contributed by atoms with Crippen molar-refractivity contribution >= 4 is 17.3 Å². The van der Waals surface area contributed by atoms with Gasteiger partial charge in [-0.15, -0.1) is 11.3 Å². The molecule has 1 N–H and O–H groups in total. The van der Waals surface area contributed by atoms with Gasteiger partial charge in [-0.2, -0.15) is 13.2 Å². The number of carbonyl (C=O) groups is 1. The lowest BCUT2D eigenvalue weighted by Crippen LogP contribution is -2.06. The maximum atomic E-state index is 13.3. The van der Waals surface area contributed by atoms with Crippen molar-refractivity contribution in [3.05, 3.63) is 50.7 Å². The normalized spacial score (nSPS) is 11.7. The van der Waals surface area contributed by atoms with Gasteiger partial charge >= 0.3 is 12.1 Å². The van der Waals surface area contributed by atoms with Gasteiger partial charge in [0.1, 0.15) is 10.7 Å². The molecule has 0 aliphatic heterocycles. The number of alkyl halides is 3. The first kappa shape index (κ1) is 15.4. The third-order valence-electron chi connectivity index (χ3n) is 2.68. The molecule has 21 heavy (non-hydrogen) atoms. The van der Waals surface area contributed by atoms with Crippen molar-refractivity contribution in [1.29, 1.82) is 0 Å². The van der Waals surface area contributed by atoms with Gasteiger partial charge in [0, 0.05) is 6.42 Å². The molecular weight excluding hydrogens is 310 g/mol.